The maximum atomic E-state index is 12.9. The van der Waals surface area contributed by atoms with E-state index in [2.05, 4.69) is 25.9 Å². The fourth-order valence-electron chi connectivity index (χ4n) is 7.20. The van der Waals surface area contributed by atoms with Gasteiger partial charge in [-0.25, -0.2) is 4.68 Å². The minimum Gasteiger partial charge on any atom is -0.339 e. The van der Waals surface area contributed by atoms with E-state index in [1.165, 1.54) is 38.5 Å². The van der Waals surface area contributed by atoms with Gasteiger partial charge in [0, 0.05) is 23.5 Å². The lowest BCUT2D eigenvalue weighted by Gasteiger charge is -2.56. The van der Waals surface area contributed by atoms with E-state index in [4.69, 9.17) is 0 Å². The number of anilines is 3. The Balaban J connectivity index is 1.06. The van der Waals surface area contributed by atoms with Gasteiger partial charge in [-0.2, -0.15) is 5.10 Å². The summed E-state index contributed by atoms with van der Waals surface area (Å²) in [5.74, 6) is 4.11. The predicted molar refractivity (Wildman–Crippen MR) is 132 cm³/mol. The number of hydrogen-bond acceptors (Lipinski definition) is 5. The van der Waals surface area contributed by atoms with Crippen LogP contribution in [0, 0.1) is 37.0 Å². The van der Waals surface area contributed by atoms with E-state index in [1.54, 1.807) is 4.68 Å². The van der Waals surface area contributed by atoms with Crippen molar-refractivity contribution in [3.05, 3.63) is 53.9 Å². The molecule has 176 valence electrons. The molecule has 34 heavy (non-hydrogen) atoms. The molecule has 0 saturated heterocycles. The molecular formula is C27H32N6O. The highest BCUT2D eigenvalue weighted by molar-refractivity contribution is 5.91. The van der Waals surface area contributed by atoms with Gasteiger partial charge in [0.2, 0.25) is 5.91 Å². The molecule has 4 fully saturated rings. The molecule has 4 aliphatic carbocycles. The summed E-state index contributed by atoms with van der Waals surface area (Å²) in [6.45, 7) is 3.96. The lowest BCUT2D eigenvalue weighted by atomic mass is 9.49. The topological polar surface area (TPSA) is 84.7 Å². The second-order valence-electron chi connectivity index (χ2n) is 11.0. The van der Waals surface area contributed by atoms with Crippen molar-refractivity contribution in [3.8, 4) is 5.82 Å². The number of aryl methyl sites for hydroxylation is 2. The van der Waals surface area contributed by atoms with Crippen LogP contribution in [-0.2, 0) is 4.79 Å². The maximum Gasteiger partial charge on any atom is 0.224 e. The fourth-order valence-corrected chi connectivity index (χ4v) is 7.20. The van der Waals surface area contributed by atoms with Crippen molar-refractivity contribution in [3.63, 3.8) is 0 Å². The SMILES string of the molecule is Cc1cc(C)n(-c2ccc(Nc3ccc(NC(=O)CC45CC6CC(CC(C6)C4)C5)cc3)nn2)n1. The van der Waals surface area contributed by atoms with Crippen LogP contribution in [0.25, 0.3) is 5.82 Å². The second-order valence-corrected chi connectivity index (χ2v) is 11.0. The summed E-state index contributed by atoms with van der Waals surface area (Å²) in [5, 5.41) is 19.4. The van der Waals surface area contributed by atoms with Crippen molar-refractivity contribution in [1.82, 2.24) is 20.0 Å². The summed E-state index contributed by atoms with van der Waals surface area (Å²) in [6.07, 6.45) is 8.67. The van der Waals surface area contributed by atoms with Gasteiger partial charge < -0.3 is 10.6 Å². The molecule has 7 rings (SSSR count). The van der Waals surface area contributed by atoms with Crippen LogP contribution in [0.1, 0.15) is 56.3 Å². The minimum atomic E-state index is 0.160. The van der Waals surface area contributed by atoms with Crippen molar-refractivity contribution < 1.29 is 4.79 Å². The van der Waals surface area contributed by atoms with Gasteiger partial charge in [-0.05, 0) is 118 Å². The molecule has 2 N–H and O–H groups in total. The normalized spacial score (nSPS) is 27.1. The van der Waals surface area contributed by atoms with E-state index in [1.807, 2.05) is 56.3 Å². The van der Waals surface area contributed by atoms with Crippen molar-refractivity contribution in [2.45, 2.75) is 58.8 Å². The first-order valence-electron chi connectivity index (χ1n) is 12.5. The van der Waals surface area contributed by atoms with Crippen molar-refractivity contribution >= 4 is 23.1 Å². The van der Waals surface area contributed by atoms with Crippen LogP contribution in [-0.4, -0.2) is 25.9 Å². The third-order valence-corrected chi connectivity index (χ3v) is 8.02. The molecule has 4 aliphatic rings. The number of amides is 1. The van der Waals surface area contributed by atoms with Crippen LogP contribution in [0.2, 0.25) is 0 Å². The van der Waals surface area contributed by atoms with Gasteiger partial charge in [0.25, 0.3) is 0 Å². The van der Waals surface area contributed by atoms with Crippen molar-refractivity contribution in [2.75, 3.05) is 10.6 Å². The number of nitrogens with zero attached hydrogens (tertiary/aromatic N) is 4. The van der Waals surface area contributed by atoms with E-state index in [0.717, 1.165) is 40.5 Å². The quantitative estimate of drug-likeness (QED) is 0.507. The fraction of sp³-hybridized carbons (Fsp3) is 0.481. The maximum absolute atomic E-state index is 12.9. The van der Waals surface area contributed by atoms with Gasteiger partial charge in [-0.1, -0.05) is 0 Å². The van der Waals surface area contributed by atoms with Gasteiger partial charge in [0.15, 0.2) is 11.6 Å². The number of rotatable bonds is 6. The van der Waals surface area contributed by atoms with Gasteiger partial charge in [0.05, 0.1) is 5.69 Å². The molecule has 2 heterocycles. The zero-order valence-corrected chi connectivity index (χ0v) is 19.9. The summed E-state index contributed by atoms with van der Waals surface area (Å²) in [4.78, 5) is 12.9. The molecule has 7 heteroatoms. The summed E-state index contributed by atoms with van der Waals surface area (Å²) in [5.41, 5.74) is 3.97. The van der Waals surface area contributed by atoms with E-state index >= 15 is 0 Å². The molecule has 1 aromatic carbocycles. The zero-order chi connectivity index (χ0) is 23.3. The Labute approximate surface area is 200 Å². The molecule has 0 spiro atoms. The summed E-state index contributed by atoms with van der Waals surface area (Å²) in [7, 11) is 0. The van der Waals surface area contributed by atoms with Gasteiger partial charge >= 0.3 is 0 Å². The monoisotopic (exact) mass is 456 g/mol. The first kappa shape index (κ1) is 21.3. The molecule has 0 unspecified atom stereocenters. The van der Waals surface area contributed by atoms with E-state index < -0.39 is 0 Å². The van der Waals surface area contributed by atoms with Gasteiger partial charge in [-0.15, -0.1) is 10.2 Å². The number of carbonyl (C=O) groups is 1. The van der Waals surface area contributed by atoms with Crippen LogP contribution in [0.15, 0.2) is 42.5 Å². The Kier molecular flexibility index (Phi) is 5.15. The lowest BCUT2D eigenvalue weighted by molar-refractivity contribution is -0.124. The summed E-state index contributed by atoms with van der Waals surface area (Å²) >= 11 is 0. The number of carbonyl (C=O) groups excluding carboxylic acids is 1. The molecule has 0 atom stereocenters. The third-order valence-electron chi connectivity index (χ3n) is 8.02. The molecule has 4 bridgehead atoms. The average molecular weight is 457 g/mol. The van der Waals surface area contributed by atoms with Crippen LogP contribution < -0.4 is 10.6 Å². The van der Waals surface area contributed by atoms with Crippen molar-refractivity contribution in [2.24, 2.45) is 23.2 Å². The Bertz CT molecular complexity index is 1160. The highest BCUT2D eigenvalue weighted by Crippen LogP contribution is 2.61. The first-order valence-corrected chi connectivity index (χ1v) is 12.5. The Morgan fingerprint density at radius 2 is 1.59 bits per heavy atom. The van der Waals surface area contributed by atoms with E-state index in [-0.39, 0.29) is 11.3 Å². The predicted octanol–water partition coefficient (Wildman–Crippen LogP) is 5.57. The molecular weight excluding hydrogens is 424 g/mol. The Morgan fingerprint density at radius 1 is 0.941 bits per heavy atom. The van der Waals surface area contributed by atoms with Crippen LogP contribution in [0.4, 0.5) is 17.2 Å². The molecule has 3 aromatic rings. The van der Waals surface area contributed by atoms with Crippen LogP contribution >= 0.6 is 0 Å². The second kappa shape index (κ2) is 8.22. The molecule has 2 aromatic heterocycles. The van der Waals surface area contributed by atoms with Crippen LogP contribution in [0.3, 0.4) is 0 Å². The Hall–Kier alpha value is -3.22. The highest BCUT2D eigenvalue weighted by atomic mass is 16.1. The van der Waals surface area contributed by atoms with E-state index in [0.29, 0.717) is 18.1 Å². The van der Waals surface area contributed by atoms with Gasteiger partial charge in [0.1, 0.15) is 0 Å². The zero-order valence-electron chi connectivity index (χ0n) is 19.9. The highest BCUT2D eigenvalue weighted by Gasteiger charge is 2.51. The number of aromatic nitrogens is 4. The van der Waals surface area contributed by atoms with Crippen molar-refractivity contribution in [1.29, 1.82) is 0 Å². The van der Waals surface area contributed by atoms with E-state index in [9.17, 15) is 4.79 Å². The lowest BCUT2D eigenvalue weighted by Crippen LogP contribution is -2.47. The molecule has 1 amide bonds. The first-order chi connectivity index (χ1) is 16.4. The minimum absolute atomic E-state index is 0.160. The average Bonchev–Trinajstić information content (AvgIpc) is 3.12. The summed E-state index contributed by atoms with van der Waals surface area (Å²) in [6, 6.07) is 13.6. The number of hydrogen-bond donors (Lipinski definition) is 2. The molecule has 7 nitrogen and oxygen atoms in total. The molecule has 0 radical (unpaired) electrons. The smallest absolute Gasteiger partial charge is 0.224 e. The number of nitrogens with one attached hydrogen (secondary N) is 2. The summed E-state index contributed by atoms with van der Waals surface area (Å²) < 4.78 is 1.78. The standard InChI is InChI=1S/C27H32N6O/c1-17-9-18(2)33(32-17)25-8-7-24(30-31-25)28-22-3-5-23(6-4-22)29-26(34)16-27-13-19-10-20(14-27)12-21(11-19)15-27/h3-9,19-21H,10-16H2,1-2H3,(H,28,30)(H,29,34). The molecule has 4 saturated carbocycles. The largest absolute Gasteiger partial charge is 0.339 e. The Morgan fingerprint density at radius 3 is 2.15 bits per heavy atom. The third kappa shape index (κ3) is 4.19. The van der Waals surface area contributed by atoms with Gasteiger partial charge in [-0.3, -0.25) is 4.79 Å². The number of benzene rings is 1. The molecule has 0 aliphatic heterocycles. The van der Waals surface area contributed by atoms with Crippen LogP contribution in [0.5, 0.6) is 0 Å².